The fourth-order valence-corrected chi connectivity index (χ4v) is 1.13. The minimum absolute atomic E-state index is 0.0345. The molecule has 0 heterocycles. The van der Waals surface area contributed by atoms with Crippen molar-refractivity contribution in [2.75, 3.05) is 6.61 Å². The predicted molar refractivity (Wildman–Crippen MR) is 75.9 cm³/mol. The van der Waals surface area contributed by atoms with Crippen LogP contribution < -0.4 is 5.32 Å². The summed E-state index contributed by atoms with van der Waals surface area (Å²) in [4.78, 5) is 11.3. The minimum Gasteiger partial charge on any atom is -0.484 e. The molecule has 0 aliphatic heterocycles. The molecule has 0 fully saturated rings. The third kappa shape index (κ3) is 8.62. The number of rotatable bonds is 8. The number of hydrogen-bond acceptors (Lipinski definition) is 2. The molecule has 0 aromatic rings. The van der Waals surface area contributed by atoms with Crippen molar-refractivity contribution < 1.29 is 9.53 Å². The first-order valence-electron chi connectivity index (χ1n) is 6.20. The summed E-state index contributed by atoms with van der Waals surface area (Å²) in [6.07, 6.45) is 5.92. The van der Waals surface area contributed by atoms with Gasteiger partial charge in [-0.2, -0.15) is 0 Å². The summed E-state index contributed by atoms with van der Waals surface area (Å²) in [5.74, 6) is 0.282. The van der Waals surface area contributed by atoms with Crippen LogP contribution in [-0.2, 0) is 9.53 Å². The van der Waals surface area contributed by atoms with E-state index in [1.54, 1.807) is 6.92 Å². The molecule has 0 unspecified atom stereocenters. The van der Waals surface area contributed by atoms with Crippen molar-refractivity contribution in [1.29, 1.82) is 0 Å². The first-order valence-corrected chi connectivity index (χ1v) is 6.20. The number of carbonyl (C=O) groups excluding carboxylic acids is 1. The van der Waals surface area contributed by atoms with Crippen LogP contribution in [0.4, 0.5) is 0 Å². The minimum atomic E-state index is -0.217. The standard InChI is InChI=1S/C15H25NO2/c1-7-15(5,6)10-8-9-13(4)18-11-14(17)16-12(2)3/h8-9H,2,4,7,10-11H2,1,3,5-6H3,(H,16,17)/b9-8-. The Morgan fingerprint density at radius 1 is 1.39 bits per heavy atom. The molecule has 0 aliphatic rings. The lowest BCUT2D eigenvalue weighted by molar-refractivity contribution is -0.123. The monoisotopic (exact) mass is 251 g/mol. The van der Waals surface area contributed by atoms with Gasteiger partial charge in [-0.15, -0.1) is 0 Å². The van der Waals surface area contributed by atoms with Gasteiger partial charge < -0.3 is 10.1 Å². The second kappa shape index (κ2) is 7.75. The fraction of sp³-hybridized carbons (Fsp3) is 0.533. The van der Waals surface area contributed by atoms with Crippen molar-refractivity contribution in [2.45, 2.75) is 40.5 Å². The number of ether oxygens (including phenoxy) is 1. The first-order chi connectivity index (χ1) is 8.26. The van der Waals surface area contributed by atoms with Crippen LogP contribution in [0.5, 0.6) is 0 Å². The van der Waals surface area contributed by atoms with Gasteiger partial charge in [0, 0.05) is 5.70 Å². The van der Waals surface area contributed by atoms with Gasteiger partial charge in [-0.3, -0.25) is 4.79 Å². The summed E-state index contributed by atoms with van der Waals surface area (Å²) < 4.78 is 5.22. The van der Waals surface area contributed by atoms with Gasteiger partial charge in [0.15, 0.2) is 6.61 Å². The molecule has 1 amide bonds. The summed E-state index contributed by atoms with van der Waals surface area (Å²) in [5.41, 5.74) is 0.892. The molecule has 0 aliphatic carbocycles. The Bertz CT molecular complexity index is 340. The summed E-state index contributed by atoms with van der Waals surface area (Å²) in [5, 5.41) is 2.56. The highest BCUT2D eigenvalue weighted by Gasteiger charge is 2.12. The average molecular weight is 251 g/mol. The highest BCUT2D eigenvalue weighted by atomic mass is 16.5. The van der Waals surface area contributed by atoms with E-state index in [1.807, 2.05) is 12.2 Å². The molecule has 0 atom stereocenters. The number of carbonyl (C=O) groups is 1. The topological polar surface area (TPSA) is 38.3 Å². The van der Waals surface area contributed by atoms with Gasteiger partial charge in [0.1, 0.15) is 5.76 Å². The molecular formula is C15H25NO2. The van der Waals surface area contributed by atoms with E-state index < -0.39 is 0 Å². The van der Waals surface area contributed by atoms with Gasteiger partial charge >= 0.3 is 0 Å². The highest BCUT2D eigenvalue weighted by molar-refractivity contribution is 5.78. The van der Waals surface area contributed by atoms with E-state index in [1.165, 1.54) is 0 Å². The zero-order valence-corrected chi connectivity index (χ0v) is 12.0. The third-order valence-electron chi connectivity index (χ3n) is 2.67. The van der Waals surface area contributed by atoms with Crippen molar-refractivity contribution in [3.05, 3.63) is 36.8 Å². The molecule has 18 heavy (non-hydrogen) atoms. The Labute approximate surface area is 111 Å². The third-order valence-corrected chi connectivity index (χ3v) is 2.67. The van der Waals surface area contributed by atoms with Crippen LogP contribution in [-0.4, -0.2) is 12.5 Å². The Kier molecular flexibility index (Phi) is 7.10. The molecule has 3 heteroatoms. The van der Waals surface area contributed by atoms with E-state index in [-0.39, 0.29) is 17.9 Å². The molecular weight excluding hydrogens is 226 g/mol. The number of hydrogen-bond donors (Lipinski definition) is 1. The molecule has 0 aromatic carbocycles. The Morgan fingerprint density at radius 2 is 2.00 bits per heavy atom. The van der Waals surface area contributed by atoms with Crippen LogP contribution in [0.1, 0.15) is 40.5 Å². The lowest BCUT2D eigenvalue weighted by Crippen LogP contribution is -2.25. The van der Waals surface area contributed by atoms with E-state index in [2.05, 4.69) is 39.2 Å². The van der Waals surface area contributed by atoms with Crippen LogP contribution in [0.2, 0.25) is 0 Å². The van der Waals surface area contributed by atoms with Crippen LogP contribution in [0.25, 0.3) is 0 Å². The van der Waals surface area contributed by atoms with E-state index >= 15 is 0 Å². The number of nitrogens with one attached hydrogen (secondary N) is 1. The SMILES string of the molecule is C=C(C)NC(=O)COC(=C)/C=C\CC(C)(C)CC. The molecule has 1 N–H and O–H groups in total. The predicted octanol–water partition coefficient (Wildman–Crippen LogP) is 3.55. The zero-order valence-electron chi connectivity index (χ0n) is 12.0. The quantitative estimate of drug-likeness (QED) is 0.529. The Hall–Kier alpha value is -1.51. The van der Waals surface area contributed by atoms with Gasteiger partial charge in [0.2, 0.25) is 0 Å². The van der Waals surface area contributed by atoms with Crippen LogP contribution in [0.15, 0.2) is 36.8 Å². The van der Waals surface area contributed by atoms with Crippen molar-refractivity contribution in [3.63, 3.8) is 0 Å². The maximum Gasteiger partial charge on any atom is 0.262 e. The zero-order chi connectivity index (χ0) is 14.2. The van der Waals surface area contributed by atoms with Crippen LogP contribution in [0.3, 0.4) is 0 Å². The van der Waals surface area contributed by atoms with Crippen LogP contribution >= 0.6 is 0 Å². The molecule has 0 saturated heterocycles. The highest BCUT2D eigenvalue weighted by Crippen LogP contribution is 2.24. The van der Waals surface area contributed by atoms with Gasteiger partial charge in [0.05, 0.1) is 0 Å². The lowest BCUT2D eigenvalue weighted by Gasteiger charge is -2.19. The Balaban J connectivity index is 3.95. The molecule has 0 aromatic heterocycles. The van der Waals surface area contributed by atoms with Gasteiger partial charge in [-0.05, 0) is 24.8 Å². The van der Waals surface area contributed by atoms with Gasteiger partial charge in [0.25, 0.3) is 5.91 Å². The van der Waals surface area contributed by atoms with E-state index in [9.17, 15) is 4.79 Å². The van der Waals surface area contributed by atoms with Gasteiger partial charge in [-0.1, -0.05) is 46.4 Å². The van der Waals surface area contributed by atoms with Gasteiger partial charge in [-0.25, -0.2) is 0 Å². The molecule has 0 bridgehead atoms. The maximum atomic E-state index is 11.3. The molecule has 0 spiro atoms. The first kappa shape index (κ1) is 16.5. The number of amides is 1. The molecule has 102 valence electrons. The van der Waals surface area contributed by atoms with E-state index in [0.717, 1.165) is 12.8 Å². The van der Waals surface area contributed by atoms with E-state index in [0.29, 0.717) is 11.5 Å². The van der Waals surface area contributed by atoms with Crippen LogP contribution in [0, 0.1) is 5.41 Å². The second-order valence-electron chi connectivity index (χ2n) is 5.21. The lowest BCUT2D eigenvalue weighted by atomic mass is 9.86. The average Bonchev–Trinajstić information content (AvgIpc) is 2.25. The summed E-state index contributed by atoms with van der Waals surface area (Å²) >= 11 is 0. The van der Waals surface area contributed by atoms with Crippen molar-refractivity contribution in [2.24, 2.45) is 5.41 Å². The van der Waals surface area contributed by atoms with Crippen molar-refractivity contribution in [1.82, 2.24) is 5.32 Å². The fourth-order valence-electron chi connectivity index (χ4n) is 1.13. The molecule has 0 radical (unpaired) electrons. The summed E-state index contributed by atoms with van der Waals surface area (Å²) in [6.45, 7) is 15.6. The number of allylic oxidation sites excluding steroid dienone is 3. The Morgan fingerprint density at radius 3 is 2.50 bits per heavy atom. The maximum absolute atomic E-state index is 11.3. The molecule has 0 saturated carbocycles. The summed E-state index contributed by atoms with van der Waals surface area (Å²) in [6, 6.07) is 0. The smallest absolute Gasteiger partial charge is 0.262 e. The van der Waals surface area contributed by atoms with Crippen molar-refractivity contribution >= 4 is 5.91 Å². The summed E-state index contributed by atoms with van der Waals surface area (Å²) in [7, 11) is 0. The molecule has 3 nitrogen and oxygen atoms in total. The van der Waals surface area contributed by atoms with Crippen molar-refractivity contribution in [3.8, 4) is 0 Å². The second-order valence-corrected chi connectivity index (χ2v) is 5.21. The van der Waals surface area contributed by atoms with E-state index in [4.69, 9.17) is 4.74 Å². The molecule has 0 rings (SSSR count). The largest absolute Gasteiger partial charge is 0.484 e. The normalized spacial score (nSPS) is 11.3.